The predicted octanol–water partition coefficient (Wildman–Crippen LogP) is 3.15. The maximum absolute atomic E-state index is 12.0. The van der Waals surface area contributed by atoms with E-state index in [1.54, 1.807) is 38.1 Å². The van der Waals surface area contributed by atoms with E-state index in [9.17, 15) is 9.59 Å². The SMILES string of the molecule is C[C@@H](CC#N)C(=O)c1ccc(C(=O)[C@@H](C)CC#N)cc1. The molecule has 102 valence electrons. The van der Waals surface area contributed by atoms with Crippen LogP contribution in [0.25, 0.3) is 0 Å². The van der Waals surface area contributed by atoms with E-state index in [4.69, 9.17) is 10.5 Å². The van der Waals surface area contributed by atoms with Crippen LogP contribution in [0.15, 0.2) is 24.3 Å². The first-order chi connectivity index (χ1) is 9.51. The Bertz CT molecular complexity index is 523. The summed E-state index contributed by atoms with van der Waals surface area (Å²) in [6.45, 7) is 3.42. The van der Waals surface area contributed by atoms with Gasteiger partial charge in [0, 0.05) is 35.8 Å². The molecule has 1 rings (SSSR count). The average molecular weight is 268 g/mol. The number of ketones is 2. The molecular weight excluding hydrogens is 252 g/mol. The molecule has 2 atom stereocenters. The van der Waals surface area contributed by atoms with Crippen molar-refractivity contribution in [1.82, 2.24) is 0 Å². The number of benzene rings is 1. The Morgan fingerprint density at radius 3 is 1.45 bits per heavy atom. The maximum atomic E-state index is 12.0. The van der Waals surface area contributed by atoms with Gasteiger partial charge in [-0.3, -0.25) is 9.59 Å². The maximum Gasteiger partial charge on any atom is 0.166 e. The second-order valence-electron chi connectivity index (χ2n) is 4.83. The van der Waals surface area contributed by atoms with Crippen LogP contribution in [0.5, 0.6) is 0 Å². The van der Waals surface area contributed by atoms with Gasteiger partial charge < -0.3 is 0 Å². The number of nitrogens with zero attached hydrogens (tertiary/aromatic N) is 2. The molecule has 0 saturated heterocycles. The highest BCUT2D eigenvalue weighted by atomic mass is 16.1. The van der Waals surface area contributed by atoms with Crippen LogP contribution < -0.4 is 0 Å². The number of nitriles is 2. The number of carbonyl (C=O) groups excluding carboxylic acids is 2. The normalized spacial score (nSPS) is 12.8. The molecule has 1 aromatic rings. The molecule has 0 radical (unpaired) electrons. The monoisotopic (exact) mass is 268 g/mol. The third kappa shape index (κ3) is 3.76. The molecule has 0 aromatic heterocycles. The molecule has 0 aliphatic rings. The fraction of sp³-hybridized carbons (Fsp3) is 0.375. The van der Waals surface area contributed by atoms with Crippen LogP contribution in [0, 0.1) is 34.5 Å². The molecule has 0 unspecified atom stereocenters. The van der Waals surface area contributed by atoms with Gasteiger partial charge in [0.1, 0.15) is 0 Å². The summed E-state index contributed by atoms with van der Waals surface area (Å²) < 4.78 is 0. The van der Waals surface area contributed by atoms with Gasteiger partial charge in [-0.25, -0.2) is 0 Å². The minimum Gasteiger partial charge on any atom is -0.294 e. The number of Topliss-reactive ketones (excluding diaryl/α,β-unsaturated/α-hetero) is 2. The summed E-state index contributed by atoms with van der Waals surface area (Å²) in [5.41, 5.74) is 0.995. The Labute approximate surface area is 118 Å². The second kappa shape index (κ2) is 7.21. The fourth-order valence-electron chi connectivity index (χ4n) is 1.83. The van der Waals surface area contributed by atoms with Crippen LogP contribution in [-0.2, 0) is 0 Å². The molecule has 20 heavy (non-hydrogen) atoms. The first-order valence-corrected chi connectivity index (χ1v) is 6.43. The Balaban J connectivity index is 2.85. The summed E-state index contributed by atoms with van der Waals surface area (Å²) in [7, 11) is 0. The van der Waals surface area contributed by atoms with Crippen LogP contribution >= 0.6 is 0 Å². The molecule has 1 aromatic carbocycles. The smallest absolute Gasteiger partial charge is 0.166 e. The first kappa shape index (κ1) is 15.6. The van der Waals surface area contributed by atoms with Crippen molar-refractivity contribution in [2.45, 2.75) is 26.7 Å². The molecule has 0 bridgehead atoms. The number of carbonyl (C=O) groups is 2. The summed E-state index contributed by atoms with van der Waals surface area (Å²) >= 11 is 0. The Hall–Kier alpha value is -2.46. The zero-order chi connectivity index (χ0) is 15.1. The lowest BCUT2D eigenvalue weighted by Crippen LogP contribution is -2.13. The van der Waals surface area contributed by atoms with Crippen molar-refractivity contribution in [3.8, 4) is 12.1 Å². The molecule has 0 aliphatic carbocycles. The molecule has 0 spiro atoms. The lowest BCUT2D eigenvalue weighted by Gasteiger charge is -2.09. The van der Waals surface area contributed by atoms with Crippen molar-refractivity contribution < 1.29 is 9.59 Å². The van der Waals surface area contributed by atoms with E-state index in [2.05, 4.69) is 0 Å². The lowest BCUT2D eigenvalue weighted by molar-refractivity contribution is 0.0921. The number of hydrogen-bond donors (Lipinski definition) is 0. The van der Waals surface area contributed by atoms with E-state index >= 15 is 0 Å². The topological polar surface area (TPSA) is 81.7 Å². The van der Waals surface area contributed by atoms with Crippen molar-refractivity contribution in [3.63, 3.8) is 0 Å². The average Bonchev–Trinajstić information content (AvgIpc) is 2.46. The van der Waals surface area contributed by atoms with E-state index in [1.807, 2.05) is 12.1 Å². The summed E-state index contributed by atoms with van der Waals surface area (Å²) in [4.78, 5) is 23.9. The molecule has 0 saturated carbocycles. The highest BCUT2D eigenvalue weighted by Crippen LogP contribution is 2.16. The van der Waals surface area contributed by atoms with E-state index in [-0.39, 0.29) is 36.2 Å². The van der Waals surface area contributed by atoms with Gasteiger partial charge in [0.05, 0.1) is 12.1 Å². The molecule has 0 heterocycles. The standard InChI is InChI=1S/C16H16N2O2/c1-11(7-9-17)15(19)13-3-5-14(6-4-13)16(20)12(2)8-10-18/h3-6,11-12H,7-8H2,1-2H3/t11-,12-/m0/s1. The molecule has 0 N–H and O–H groups in total. The fourth-order valence-corrected chi connectivity index (χ4v) is 1.83. The van der Waals surface area contributed by atoms with Gasteiger partial charge in [-0.1, -0.05) is 38.1 Å². The van der Waals surface area contributed by atoms with Crippen LogP contribution in [0.2, 0.25) is 0 Å². The number of hydrogen-bond acceptors (Lipinski definition) is 4. The van der Waals surface area contributed by atoms with Gasteiger partial charge in [0.15, 0.2) is 11.6 Å². The molecule has 4 heteroatoms. The van der Waals surface area contributed by atoms with Crippen LogP contribution in [0.1, 0.15) is 47.4 Å². The van der Waals surface area contributed by atoms with Crippen LogP contribution in [0.4, 0.5) is 0 Å². The first-order valence-electron chi connectivity index (χ1n) is 6.43. The largest absolute Gasteiger partial charge is 0.294 e. The van der Waals surface area contributed by atoms with Crippen molar-refractivity contribution >= 4 is 11.6 Å². The van der Waals surface area contributed by atoms with Gasteiger partial charge in [-0.05, 0) is 0 Å². The van der Waals surface area contributed by atoms with Gasteiger partial charge in [-0.15, -0.1) is 0 Å². The van der Waals surface area contributed by atoms with E-state index in [0.29, 0.717) is 11.1 Å². The predicted molar refractivity (Wildman–Crippen MR) is 73.9 cm³/mol. The van der Waals surface area contributed by atoms with Gasteiger partial charge >= 0.3 is 0 Å². The quantitative estimate of drug-likeness (QED) is 0.742. The second-order valence-corrected chi connectivity index (χ2v) is 4.83. The van der Waals surface area contributed by atoms with Crippen molar-refractivity contribution in [2.24, 2.45) is 11.8 Å². The Morgan fingerprint density at radius 1 is 0.900 bits per heavy atom. The Morgan fingerprint density at radius 2 is 1.20 bits per heavy atom. The summed E-state index contributed by atoms with van der Waals surface area (Å²) in [5.74, 6) is -0.899. The lowest BCUT2D eigenvalue weighted by atomic mass is 9.93. The van der Waals surface area contributed by atoms with Crippen molar-refractivity contribution in [2.75, 3.05) is 0 Å². The molecule has 0 fully saturated rings. The highest BCUT2D eigenvalue weighted by molar-refractivity contribution is 6.01. The zero-order valence-corrected chi connectivity index (χ0v) is 11.6. The van der Waals surface area contributed by atoms with Crippen LogP contribution in [-0.4, -0.2) is 11.6 Å². The molecule has 4 nitrogen and oxygen atoms in total. The van der Waals surface area contributed by atoms with Crippen molar-refractivity contribution in [1.29, 1.82) is 10.5 Å². The van der Waals surface area contributed by atoms with Gasteiger partial charge in [0.25, 0.3) is 0 Å². The van der Waals surface area contributed by atoms with Crippen LogP contribution in [0.3, 0.4) is 0 Å². The molecule has 0 amide bonds. The third-order valence-corrected chi connectivity index (χ3v) is 3.14. The van der Waals surface area contributed by atoms with Gasteiger partial charge in [0.2, 0.25) is 0 Å². The third-order valence-electron chi connectivity index (χ3n) is 3.14. The van der Waals surface area contributed by atoms with E-state index < -0.39 is 0 Å². The number of rotatable bonds is 6. The summed E-state index contributed by atoms with van der Waals surface area (Å²) in [6.07, 6.45) is 0.359. The van der Waals surface area contributed by atoms with Crippen molar-refractivity contribution in [3.05, 3.63) is 35.4 Å². The van der Waals surface area contributed by atoms with E-state index in [0.717, 1.165) is 0 Å². The van der Waals surface area contributed by atoms with Gasteiger partial charge in [-0.2, -0.15) is 10.5 Å². The molecule has 0 aliphatic heterocycles. The van der Waals surface area contributed by atoms with E-state index in [1.165, 1.54) is 0 Å². The highest BCUT2D eigenvalue weighted by Gasteiger charge is 2.17. The molecular formula is C16H16N2O2. The minimum absolute atomic E-state index is 0.101. The Kier molecular flexibility index (Phi) is 5.62. The summed E-state index contributed by atoms with van der Waals surface area (Å²) in [6, 6.07) is 10.3. The summed E-state index contributed by atoms with van der Waals surface area (Å²) in [5, 5.41) is 17.2. The minimum atomic E-state index is -0.348. The zero-order valence-electron chi connectivity index (χ0n) is 11.6.